The van der Waals surface area contributed by atoms with Crippen LogP contribution >= 0.6 is 0 Å². The van der Waals surface area contributed by atoms with E-state index >= 15 is 0 Å². The van der Waals surface area contributed by atoms with Crippen LogP contribution in [0.5, 0.6) is 0 Å². The van der Waals surface area contributed by atoms with Crippen molar-refractivity contribution in [1.29, 1.82) is 5.26 Å². The maximum atomic E-state index is 14.8. The fraction of sp³-hybridized carbons (Fsp3) is 0.750. The number of aryl methyl sites for hydroxylation is 1. The van der Waals surface area contributed by atoms with Crippen molar-refractivity contribution in [2.45, 2.75) is 116 Å². The van der Waals surface area contributed by atoms with Gasteiger partial charge in [0.1, 0.15) is 5.82 Å². The number of unbranched alkanes of at least 4 members (excludes halogenated alkanes) is 4. The molecule has 0 saturated heterocycles. The van der Waals surface area contributed by atoms with E-state index in [0.29, 0.717) is 5.92 Å². The van der Waals surface area contributed by atoms with Crippen molar-refractivity contribution >= 4 is 0 Å². The van der Waals surface area contributed by atoms with Crippen LogP contribution in [0, 0.1) is 34.9 Å². The lowest BCUT2D eigenvalue weighted by Crippen LogP contribution is -2.15. The molecule has 1 aromatic carbocycles. The Balaban J connectivity index is 1.36. The molecule has 0 aromatic heterocycles. The summed E-state index contributed by atoms with van der Waals surface area (Å²) in [7, 11) is 0. The van der Waals surface area contributed by atoms with Gasteiger partial charge in [0.2, 0.25) is 0 Å². The molecule has 0 aliphatic heterocycles. The van der Waals surface area contributed by atoms with Gasteiger partial charge in [-0.3, -0.25) is 0 Å². The SMILES string of the molecule is CCCCCCC[C@H]1CC[C@H](CCc2ccc([C@H]3CC[C@H](C#N)CC3)c(F)c2)CC1. The highest BCUT2D eigenvalue weighted by molar-refractivity contribution is 5.28. The maximum Gasteiger partial charge on any atom is 0.126 e. The summed E-state index contributed by atoms with van der Waals surface area (Å²) in [6.45, 7) is 2.28. The monoisotopic (exact) mass is 411 g/mol. The molecule has 2 aliphatic carbocycles. The van der Waals surface area contributed by atoms with Crippen LogP contribution in [0.1, 0.15) is 120 Å². The van der Waals surface area contributed by atoms with Gasteiger partial charge in [-0.05, 0) is 73.5 Å². The molecule has 2 heteroatoms. The third-order valence-corrected chi connectivity index (χ3v) is 7.94. The molecule has 2 aliphatic rings. The summed E-state index contributed by atoms with van der Waals surface area (Å²) in [5, 5.41) is 9.06. The van der Waals surface area contributed by atoms with Crippen LogP contribution in [0.3, 0.4) is 0 Å². The van der Waals surface area contributed by atoms with Gasteiger partial charge >= 0.3 is 0 Å². The maximum absolute atomic E-state index is 14.8. The minimum absolute atomic E-state index is 0.0142. The zero-order valence-corrected chi connectivity index (χ0v) is 19.2. The average Bonchev–Trinajstić information content (AvgIpc) is 2.78. The number of halogens is 1. The van der Waals surface area contributed by atoms with Crippen molar-refractivity contribution in [2.24, 2.45) is 17.8 Å². The van der Waals surface area contributed by atoms with Gasteiger partial charge in [-0.1, -0.05) is 83.3 Å². The molecule has 0 N–H and O–H groups in total. The first-order chi connectivity index (χ1) is 14.7. The lowest BCUT2D eigenvalue weighted by molar-refractivity contribution is 0.248. The number of hydrogen-bond acceptors (Lipinski definition) is 1. The summed E-state index contributed by atoms with van der Waals surface area (Å²) in [5.41, 5.74) is 2.05. The molecule has 166 valence electrons. The van der Waals surface area contributed by atoms with Gasteiger partial charge in [-0.15, -0.1) is 0 Å². The molecular weight excluding hydrogens is 369 g/mol. The van der Waals surface area contributed by atoms with Crippen molar-refractivity contribution < 1.29 is 4.39 Å². The summed E-state index contributed by atoms with van der Waals surface area (Å²) >= 11 is 0. The quantitative estimate of drug-likeness (QED) is 0.353. The predicted octanol–water partition coefficient (Wildman–Crippen LogP) is 8.72. The Morgan fingerprint density at radius 2 is 1.53 bits per heavy atom. The van der Waals surface area contributed by atoms with Crippen LogP contribution in [0.4, 0.5) is 4.39 Å². The Morgan fingerprint density at radius 3 is 2.17 bits per heavy atom. The van der Waals surface area contributed by atoms with E-state index in [1.165, 1.54) is 76.2 Å². The van der Waals surface area contributed by atoms with Gasteiger partial charge in [0, 0.05) is 5.92 Å². The van der Waals surface area contributed by atoms with Crippen LogP contribution < -0.4 is 0 Å². The number of nitrogens with zero attached hydrogens (tertiary/aromatic N) is 1. The lowest BCUT2D eigenvalue weighted by atomic mass is 9.77. The van der Waals surface area contributed by atoms with E-state index in [1.807, 2.05) is 6.07 Å². The highest BCUT2D eigenvalue weighted by Crippen LogP contribution is 2.37. The van der Waals surface area contributed by atoms with Crippen LogP contribution in [0.25, 0.3) is 0 Å². The Bertz CT molecular complexity index is 660. The molecule has 0 heterocycles. The van der Waals surface area contributed by atoms with Gasteiger partial charge in [-0.25, -0.2) is 4.39 Å². The fourth-order valence-corrected chi connectivity index (χ4v) is 5.81. The fourth-order valence-electron chi connectivity index (χ4n) is 5.81. The van der Waals surface area contributed by atoms with Crippen molar-refractivity contribution in [3.8, 4) is 6.07 Å². The zero-order chi connectivity index (χ0) is 21.2. The van der Waals surface area contributed by atoms with Crippen LogP contribution in [0.15, 0.2) is 18.2 Å². The molecule has 30 heavy (non-hydrogen) atoms. The van der Waals surface area contributed by atoms with E-state index < -0.39 is 0 Å². The topological polar surface area (TPSA) is 23.8 Å². The minimum atomic E-state index is -0.0142. The van der Waals surface area contributed by atoms with E-state index in [2.05, 4.69) is 19.1 Å². The second-order valence-electron chi connectivity index (χ2n) is 10.2. The minimum Gasteiger partial charge on any atom is -0.207 e. The standard InChI is InChI=1S/C28H42FN/c1-2-3-4-5-6-7-22-8-10-23(11-9-22)12-13-24-16-19-27(28(29)20-24)26-17-14-25(21-30)15-18-26/h16,19-20,22-23,25-26H,2-15,17-18H2,1H3/t22-,23-,25-,26-. The largest absolute Gasteiger partial charge is 0.207 e. The van der Waals surface area contributed by atoms with Crippen LogP contribution in [-0.4, -0.2) is 0 Å². The van der Waals surface area contributed by atoms with E-state index in [0.717, 1.165) is 49.5 Å². The van der Waals surface area contributed by atoms with E-state index in [4.69, 9.17) is 5.26 Å². The van der Waals surface area contributed by atoms with Crippen molar-refractivity contribution in [3.05, 3.63) is 35.1 Å². The van der Waals surface area contributed by atoms with Gasteiger partial charge in [0.25, 0.3) is 0 Å². The third kappa shape index (κ3) is 7.11. The molecule has 1 nitrogen and oxygen atoms in total. The molecule has 1 aromatic rings. The number of hydrogen-bond donors (Lipinski definition) is 0. The van der Waals surface area contributed by atoms with Gasteiger partial charge < -0.3 is 0 Å². The average molecular weight is 412 g/mol. The highest BCUT2D eigenvalue weighted by Gasteiger charge is 2.24. The van der Waals surface area contributed by atoms with Crippen LogP contribution in [0.2, 0.25) is 0 Å². The second-order valence-corrected chi connectivity index (χ2v) is 10.2. The van der Waals surface area contributed by atoms with E-state index in [1.54, 1.807) is 6.07 Å². The molecule has 2 saturated carbocycles. The van der Waals surface area contributed by atoms with Crippen molar-refractivity contribution in [3.63, 3.8) is 0 Å². The normalized spacial score (nSPS) is 27.0. The van der Waals surface area contributed by atoms with Gasteiger partial charge in [0.15, 0.2) is 0 Å². The molecule has 0 amide bonds. The highest BCUT2D eigenvalue weighted by atomic mass is 19.1. The summed E-state index contributed by atoms with van der Waals surface area (Å²) in [6, 6.07) is 8.38. The molecule has 3 rings (SSSR count). The summed E-state index contributed by atoms with van der Waals surface area (Å²) in [4.78, 5) is 0. The van der Waals surface area contributed by atoms with Crippen molar-refractivity contribution in [2.75, 3.05) is 0 Å². The molecule has 0 radical (unpaired) electrons. The first-order valence-electron chi connectivity index (χ1n) is 12.9. The van der Waals surface area contributed by atoms with E-state index in [9.17, 15) is 4.39 Å². The molecule has 0 atom stereocenters. The molecule has 0 bridgehead atoms. The van der Waals surface area contributed by atoms with Gasteiger partial charge in [-0.2, -0.15) is 5.26 Å². The Kier molecular flexibility index (Phi) is 9.70. The second kappa shape index (κ2) is 12.5. The summed E-state index contributed by atoms with van der Waals surface area (Å²) < 4.78 is 14.8. The number of rotatable bonds is 10. The Hall–Kier alpha value is -1.36. The lowest BCUT2D eigenvalue weighted by Gasteiger charge is -2.28. The molecule has 2 fully saturated rings. The predicted molar refractivity (Wildman–Crippen MR) is 124 cm³/mol. The van der Waals surface area contributed by atoms with Crippen LogP contribution in [-0.2, 0) is 6.42 Å². The third-order valence-electron chi connectivity index (χ3n) is 7.94. The Morgan fingerprint density at radius 1 is 0.867 bits per heavy atom. The summed E-state index contributed by atoms with van der Waals surface area (Å²) in [5.74, 6) is 2.28. The zero-order valence-electron chi connectivity index (χ0n) is 19.2. The smallest absolute Gasteiger partial charge is 0.126 e. The first kappa shape index (κ1) is 23.3. The number of benzene rings is 1. The first-order valence-corrected chi connectivity index (χ1v) is 12.9. The molecular formula is C28H42FN. The Labute approximate surface area is 184 Å². The van der Waals surface area contributed by atoms with Crippen molar-refractivity contribution in [1.82, 2.24) is 0 Å². The summed E-state index contributed by atoms with van der Waals surface area (Å²) in [6.07, 6.45) is 20.0. The number of nitriles is 1. The van der Waals surface area contributed by atoms with Gasteiger partial charge in [0.05, 0.1) is 6.07 Å². The molecule has 0 spiro atoms. The van der Waals surface area contributed by atoms with E-state index in [-0.39, 0.29) is 11.7 Å². The molecule has 0 unspecified atom stereocenters.